The summed E-state index contributed by atoms with van der Waals surface area (Å²) in [7, 11) is 4.14. The standard InChI is InChI=1S/C19H25N3O2/c1-22(2)14-6-13-20-16-9-11-17(12-10-16)21-19(23)15-24-18-7-4-3-5-8-18/h3-5,7-12,20H,6,13-15H2,1-2H3,(H,21,23). The lowest BCUT2D eigenvalue weighted by atomic mass is 10.2. The minimum Gasteiger partial charge on any atom is -0.484 e. The first-order chi connectivity index (χ1) is 11.6. The summed E-state index contributed by atoms with van der Waals surface area (Å²) in [6.07, 6.45) is 1.09. The maximum Gasteiger partial charge on any atom is 0.262 e. The van der Waals surface area contributed by atoms with E-state index >= 15 is 0 Å². The van der Waals surface area contributed by atoms with Gasteiger partial charge in [0.15, 0.2) is 6.61 Å². The molecule has 0 heterocycles. The van der Waals surface area contributed by atoms with E-state index in [9.17, 15) is 4.79 Å². The van der Waals surface area contributed by atoms with Crippen LogP contribution in [0, 0.1) is 0 Å². The van der Waals surface area contributed by atoms with E-state index in [2.05, 4.69) is 29.6 Å². The van der Waals surface area contributed by atoms with E-state index in [1.54, 1.807) is 0 Å². The molecule has 128 valence electrons. The summed E-state index contributed by atoms with van der Waals surface area (Å²) in [5, 5.41) is 6.19. The van der Waals surface area contributed by atoms with Crippen molar-refractivity contribution in [2.24, 2.45) is 0 Å². The lowest BCUT2D eigenvalue weighted by Gasteiger charge is -2.11. The number of amides is 1. The fraction of sp³-hybridized carbons (Fsp3) is 0.316. The second-order valence-electron chi connectivity index (χ2n) is 5.81. The number of carbonyl (C=O) groups excluding carboxylic acids is 1. The molecule has 1 amide bonds. The molecule has 2 N–H and O–H groups in total. The van der Waals surface area contributed by atoms with Crippen molar-refractivity contribution in [3.05, 3.63) is 54.6 Å². The first-order valence-corrected chi connectivity index (χ1v) is 8.10. The molecule has 0 fully saturated rings. The number of benzene rings is 2. The normalized spacial score (nSPS) is 10.5. The van der Waals surface area contributed by atoms with E-state index in [-0.39, 0.29) is 12.5 Å². The van der Waals surface area contributed by atoms with Crippen molar-refractivity contribution in [2.45, 2.75) is 6.42 Å². The molecule has 0 radical (unpaired) electrons. The van der Waals surface area contributed by atoms with Gasteiger partial charge >= 0.3 is 0 Å². The zero-order valence-electron chi connectivity index (χ0n) is 14.3. The van der Waals surface area contributed by atoms with Crippen LogP contribution in [-0.4, -0.2) is 44.6 Å². The Morgan fingerprint density at radius 2 is 1.67 bits per heavy atom. The van der Waals surface area contributed by atoms with Crippen molar-refractivity contribution in [3.8, 4) is 5.75 Å². The third-order valence-electron chi connectivity index (χ3n) is 3.39. The summed E-state index contributed by atoms with van der Waals surface area (Å²) in [4.78, 5) is 14.1. The van der Waals surface area contributed by atoms with Gasteiger partial charge in [0.2, 0.25) is 0 Å². The number of anilines is 2. The predicted octanol–water partition coefficient (Wildman–Crippen LogP) is 3.07. The zero-order valence-corrected chi connectivity index (χ0v) is 14.3. The highest BCUT2D eigenvalue weighted by Crippen LogP contribution is 2.14. The molecule has 0 bridgehead atoms. The molecule has 2 aromatic rings. The molecule has 2 aromatic carbocycles. The highest BCUT2D eigenvalue weighted by molar-refractivity contribution is 5.92. The van der Waals surface area contributed by atoms with Gasteiger partial charge in [-0.25, -0.2) is 0 Å². The molecule has 0 unspecified atom stereocenters. The Morgan fingerprint density at radius 3 is 2.33 bits per heavy atom. The lowest BCUT2D eigenvalue weighted by molar-refractivity contribution is -0.118. The van der Waals surface area contributed by atoms with Gasteiger partial charge in [0.1, 0.15) is 5.75 Å². The fourth-order valence-electron chi connectivity index (χ4n) is 2.16. The first kappa shape index (κ1) is 17.8. The van der Waals surface area contributed by atoms with Crippen LogP contribution in [0.15, 0.2) is 54.6 Å². The molecule has 0 saturated carbocycles. The van der Waals surface area contributed by atoms with E-state index in [0.29, 0.717) is 5.75 Å². The minimum atomic E-state index is -0.175. The van der Waals surface area contributed by atoms with Crippen LogP contribution >= 0.6 is 0 Å². The molecule has 5 heteroatoms. The van der Waals surface area contributed by atoms with Crippen LogP contribution in [0.2, 0.25) is 0 Å². The van der Waals surface area contributed by atoms with Gasteiger partial charge in [-0.3, -0.25) is 4.79 Å². The van der Waals surface area contributed by atoms with Crippen LogP contribution in [0.1, 0.15) is 6.42 Å². The van der Waals surface area contributed by atoms with Crippen molar-refractivity contribution < 1.29 is 9.53 Å². The van der Waals surface area contributed by atoms with Gasteiger partial charge in [0.05, 0.1) is 0 Å². The number of rotatable bonds is 9. The van der Waals surface area contributed by atoms with Gasteiger partial charge < -0.3 is 20.3 Å². The Balaban J connectivity index is 1.71. The number of nitrogens with one attached hydrogen (secondary N) is 2. The van der Waals surface area contributed by atoms with Crippen LogP contribution in [0.5, 0.6) is 5.75 Å². The maximum absolute atomic E-state index is 11.9. The highest BCUT2D eigenvalue weighted by atomic mass is 16.5. The van der Waals surface area contributed by atoms with Crippen LogP contribution in [0.4, 0.5) is 11.4 Å². The molecule has 5 nitrogen and oxygen atoms in total. The van der Waals surface area contributed by atoms with Crippen molar-refractivity contribution in [2.75, 3.05) is 44.4 Å². The number of hydrogen-bond acceptors (Lipinski definition) is 4. The molecule has 0 aromatic heterocycles. The molecule has 0 aliphatic carbocycles. The maximum atomic E-state index is 11.9. The number of hydrogen-bond donors (Lipinski definition) is 2. The van der Waals surface area contributed by atoms with Gasteiger partial charge in [-0.15, -0.1) is 0 Å². The van der Waals surface area contributed by atoms with Gasteiger partial charge in [-0.05, 0) is 63.5 Å². The predicted molar refractivity (Wildman–Crippen MR) is 98.7 cm³/mol. The van der Waals surface area contributed by atoms with E-state index < -0.39 is 0 Å². The Bertz CT molecular complexity index is 612. The van der Waals surface area contributed by atoms with Crippen LogP contribution < -0.4 is 15.4 Å². The van der Waals surface area contributed by atoms with Crippen LogP contribution in [0.25, 0.3) is 0 Å². The Hall–Kier alpha value is -2.53. The van der Waals surface area contributed by atoms with Gasteiger partial charge in [0, 0.05) is 17.9 Å². The number of carbonyl (C=O) groups is 1. The summed E-state index contributed by atoms with van der Waals surface area (Å²) in [6, 6.07) is 17.0. The monoisotopic (exact) mass is 327 g/mol. The largest absolute Gasteiger partial charge is 0.484 e. The van der Waals surface area contributed by atoms with Crippen molar-refractivity contribution in [1.82, 2.24) is 4.90 Å². The van der Waals surface area contributed by atoms with Crippen molar-refractivity contribution >= 4 is 17.3 Å². The average Bonchev–Trinajstić information content (AvgIpc) is 2.59. The molecule has 0 saturated heterocycles. The number of ether oxygens (including phenoxy) is 1. The Morgan fingerprint density at radius 1 is 1.00 bits per heavy atom. The summed E-state index contributed by atoms with van der Waals surface area (Å²) in [6.45, 7) is 1.98. The second kappa shape index (κ2) is 9.57. The van der Waals surface area contributed by atoms with Gasteiger partial charge in [-0.1, -0.05) is 18.2 Å². The zero-order chi connectivity index (χ0) is 17.2. The number of nitrogens with zero attached hydrogens (tertiary/aromatic N) is 1. The SMILES string of the molecule is CN(C)CCCNc1ccc(NC(=O)COc2ccccc2)cc1. The number of para-hydroxylation sites is 1. The van der Waals surface area contributed by atoms with E-state index in [0.717, 1.165) is 30.9 Å². The Labute approximate surface area is 143 Å². The first-order valence-electron chi connectivity index (χ1n) is 8.10. The molecular formula is C19H25N3O2. The van der Waals surface area contributed by atoms with Crippen molar-refractivity contribution in [3.63, 3.8) is 0 Å². The summed E-state index contributed by atoms with van der Waals surface area (Å²) in [5.74, 6) is 0.510. The van der Waals surface area contributed by atoms with E-state index in [4.69, 9.17) is 4.74 Å². The topological polar surface area (TPSA) is 53.6 Å². The Kier molecular flexibility index (Phi) is 7.11. The smallest absolute Gasteiger partial charge is 0.262 e. The molecule has 24 heavy (non-hydrogen) atoms. The van der Waals surface area contributed by atoms with Crippen LogP contribution in [0.3, 0.4) is 0 Å². The molecule has 2 rings (SSSR count). The average molecular weight is 327 g/mol. The molecule has 0 spiro atoms. The van der Waals surface area contributed by atoms with E-state index in [1.807, 2.05) is 54.6 Å². The molecule has 0 aliphatic rings. The highest BCUT2D eigenvalue weighted by Gasteiger charge is 2.03. The summed E-state index contributed by atoms with van der Waals surface area (Å²) in [5.41, 5.74) is 1.81. The second-order valence-corrected chi connectivity index (χ2v) is 5.81. The van der Waals surface area contributed by atoms with E-state index in [1.165, 1.54) is 0 Å². The fourth-order valence-corrected chi connectivity index (χ4v) is 2.16. The summed E-state index contributed by atoms with van der Waals surface area (Å²) >= 11 is 0. The third-order valence-corrected chi connectivity index (χ3v) is 3.39. The van der Waals surface area contributed by atoms with Crippen LogP contribution in [-0.2, 0) is 4.79 Å². The summed E-state index contributed by atoms with van der Waals surface area (Å²) < 4.78 is 5.42. The molecule has 0 aliphatic heterocycles. The lowest BCUT2D eigenvalue weighted by Crippen LogP contribution is -2.20. The minimum absolute atomic E-state index is 0.00541. The molecule has 0 atom stereocenters. The van der Waals surface area contributed by atoms with Gasteiger partial charge in [-0.2, -0.15) is 0 Å². The molecular weight excluding hydrogens is 302 g/mol. The van der Waals surface area contributed by atoms with Crippen molar-refractivity contribution in [1.29, 1.82) is 0 Å². The third kappa shape index (κ3) is 6.71. The van der Waals surface area contributed by atoms with Gasteiger partial charge in [0.25, 0.3) is 5.91 Å². The quantitative estimate of drug-likeness (QED) is 0.695.